The molecule has 0 spiro atoms. The van der Waals surface area contributed by atoms with Crippen LogP contribution in [0.25, 0.3) is 0 Å². The zero-order chi connectivity index (χ0) is 25.1. The van der Waals surface area contributed by atoms with Gasteiger partial charge in [-0.3, -0.25) is 14.4 Å². The minimum Gasteiger partial charge on any atom is -0.462 e. The summed E-state index contributed by atoms with van der Waals surface area (Å²) in [6.45, 7) is 6.24. The molecule has 2 heterocycles. The zero-order valence-electron chi connectivity index (χ0n) is 20.0. The quantitative estimate of drug-likeness (QED) is 0.401. The molecule has 35 heavy (non-hydrogen) atoms. The Morgan fingerprint density at radius 2 is 2.00 bits per heavy atom. The normalized spacial score (nSPS) is 15.7. The van der Waals surface area contributed by atoms with Crippen LogP contribution in [0.15, 0.2) is 29.2 Å². The number of rotatable bonds is 8. The lowest BCUT2D eigenvalue weighted by atomic mass is 10.0. The van der Waals surface area contributed by atoms with Gasteiger partial charge in [0.2, 0.25) is 17.7 Å². The highest BCUT2D eigenvalue weighted by Gasteiger charge is 2.31. The predicted octanol–water partition coefficient (Wildman–Crippen LogP) is 4.30. The highest BCUT2D eigenvalue weighted by atomic mass is 32.2. The van der Waals surface area contributed by atoms with E-state index in [4.69, 9.17) is 4.74 Å². The Morgan fingerprint density at radius 1 is 1.23 bits per heavy atom. The molecule has 1 unspecified atom stereocenters. The standard InChI is InChI=1S/C25H29N3O5S2/c1-4-33-25(32)21-19-10-11-28(15(3)29)13-20(19)35-24(21)27-22(30)14(2)34-18-7-5-6-17(12-18)26-23(31)16-8-9-16/h5-7,12,14,16H,4,8-11,13H2,1-3H3,(H,26,31)(H,27,30). The molecule has 2 aliphatic rings. The summed E-state index contributed by atoms with van der Waals surface area (Å²) < 4.78 is 5.27. The lowest BCUT2D eigenvalue weighted by Crippen LogP contribution is -2.34. The van der Waals surface area contributed by atoms with E-state index in [-0.39, 0.29) is 30.2 Å². The molecule has 2 N–H and O–H groups in total. The molecule has 3 amide bonds. The van der Waals surface area contributed by atoms with Crippen molar-refractivity contribution in [2.24, 2.45) is 5.92 Å². The van der Waals surface area contributed by atoms with Gasteiger partial charge in [-0.25, -0.2) is 4.79 Å². The van der Waals surface area contributed by atoms with E-state index < -0.39 is 11.2 Å². The molecule has 8 nitrogen and oxygen atoms in total. The van der Waals surface area contributed by atoms with Crippen molar-refractivity contribution >= 4 is 57.5 Å². The maximum atomic E-state index is 13.1. The van der Waals surface area contributed by atoms with E-state index in [0.717, 1.165) is 28.2 Å². The first-order valence-electron chi connectivity index (χ1n) is 11.7. The fourth-order valence-electron chi connectivity index (χ4n) is 3.89. The number of hydrogen-bond acceptors (Lipinski definition) is 7. The Morgan fingerprint density at radius 3 is 2.69 bits per heavy atom. The highest BCUT2D eigenvalue weighted by Crippen LogP contribution is 2.38. The molecule has 0 saturated heterocycles. The number of nitrogens with one attached hydrogen (secondary N) is 2. The van der Waals surface area contributed by atoms with Crippen molar-refractivity contribution in [1.82, 2.24) is 4.90 Å². The van der Waals surface area contributed by atoms with E-state index >= 15 is 0 Å². The van der Waals surface area contributed by atoms with Gasteiger partial charge in [-0.05, 0) is 56.9 Å². The number of thioether (sulfide) groups is 1. The summed E-state index contributed by atoms with van der Waals surface area (Å²) in [4.78, 5) is 53.2. The molecule has 1 aromatic carbocycles. The number of anilines is 2. The minimum atomic E-state index is -0.462. The van der Waals surface area contributed by atoms with Gasteiger partial charge in [0, 0.05) is 34.8 Å². The molecular formula is C25H29N3O5S2. The van der Waals surface area contributed by atoms with Crippen LogP contribution >= 0.6 is 23.1 Å². The fourth-order valence-corrected chi connectivity index (χ4v) is 6.07. The van der Waals surface area contributed by atoms with Gasteiger partial charge in [-0.2, -0.15) is 0 Å². The first-order valence-corrected chi connectivity index (χ1v) is 13.4. The number of benzene rings is 1. The van der Waals surface area contributed by atoms with Gasteiger partial charge >= 0.3 is 5.97 Å². The van der Waals surface area contributed by atoms with E-state index in [1.165, 1.54) is 30.0 Å². The van der Waals surface area contributed by atoms with Crippen molar-refractivity contribution in [3.8, 4) is 0 Å². The molecule has 1 fully saturated rings. The van der Waals surface area contributed by atoms with Gasteiger partial charge in [-0.1, -0.05) is 6.07 Å². The Balaban J connectivity index is 1.47. The van der Waals surface area contributed by atoms with Crippen LogP contribution in [0.2, 0.25) is 0 Å². The van der Waals surface area contributed by atoms with Gasteiger partial charge in [-0.15, -0.1) is 23.1 Å². The van der Waals surface area contributed by atoms with Crippen LogP contribution in [0.5, 0.6) is 0 Å². The molecular weight excluding hydrogens is 486 g/mol. The Hall–Kier alpha value is -2.85. The third kappa shape index (κ3) is 6.05. The molecule has 1 atom stereocenters. The van der Waals surface area contributed by atoms with E-state index in [1.807, 2.05) is 24.3 Å². The van der Waals surface area contributed by atoms with Crippen molar-refractivity contribution in [2.45, 2.75) is 56.7 Å². The van der Waals surface area contributed by atoms with Crippen LogP contribution in [0.4, 0.5) is 10.7 Å². The summed E-state index contributed by atoms with van der Waals surface area (Å²) >= 11 is 2.70. The maximum Gasteiger partial charge on any atom is 0.341 e. The van der Waals surface area contributed by atoms with Crippen LogP contribution in [0.3, 0.4) is 0 Å². The second-order valence-corrected chi connectivity index (χ2v) is 11.2. The molecule has 1 saturated carbocycles. The van der Waals surface area contributed by atoms with Gasteiger partial charge < -0.3 is 20.3 Å². The summed E-state index contributed by atoms with van der Waals surface area (Å²) in [5.74, 6) is -0.572. The summed E-state index contributed by atoms with van der Waals surface area (Å²) in [5.41, 5.74) is 1.95. The molecule has 186 valence electrons. The molecule has 2 aromatic rings. The molecule has 1 aliphatic carbocycles. The third-order valence-electron chi connectivity index (χ3n) is 5.95. The molecule has 4 rings (SSSR count). The maximum absolute atomic E-state index is 13.1. The molecule has 10 heteroatoms. The predicted molar refractivity (Wildman–Crippen MR) is 137 cm³/mol. The van der Waals surface area contributed by atoms with Crippen molar-refractivity contribution in [3.05, 3.63) is 40.3 Å². The number of carbonyl (C=O) groups is 4. The lowest BCUT2D eigenvalue weighted by molar-refractivity contribution is -0.129. The number of nitrogens with zero attached hydrogens (tertiary/aromatic N) is 1. The van der Waals surface area contributed by atoms with Gasteiger partial charge in [0.25, 0.3) is 0 Å². The number of ether oxygens (including phenoxy) is 1. The summed E-state index contributed by atoms with van der Waals surface area (Å²) in [7, 11) is 0. The summed E-state index contributed by atoms with van der Waals surface area (Å²) in [6.07, 6.45) is 2.41. The summed E-state index contributed by atoms with van der Waals surface area (Å²) in [5, 5.41) is 5.86. The number of amides is 3. The number of hydrogen-bond donors (Lipinski definition) is 2. The van der Waals surface area contributed by atoms with Crippen LogP contribution in [0.1, 0.15) is 54.4 Å². The summed E-state index contributed by atoms with van der Waals surface area (Å²) in [6, 6.07) is 7.44. The second kappa shape index (κ2) is 10.8. The fraction of sp³-hybridized carbons (Fsp3) is 0.440. The number of carbonyl (C=O) groups excluding carboxylic acids is 4. The first kappa shape index (κ1) is 25.2. The van der Waals surface area contributed by atoms with Crippen molar-refractivity contribution < 1.29 is 23.9 Å². The van der Waals surface area contributed by atoms with E-state index in [1.54, 1.807) is 18.7 Å². The van der Waals surface area contributed by atoms with Crippen LogP contribution < -0.4 is 10.6 Å². The van der Waals surface area contributed by atoms with Crippen molar-refractivity contribution in [2.75, 3.05) is 23.8 Å². The van der Waals surface area contributed by atoms with Gasteiger partial charge in [0.15, 0.2) is 0 Å². The van der Waals surface area contributed by atoms with Gasteiger partial charge in [0.05, 0.1) is 24.0 Å². The topological polar surface area (TPSA) is 105 Å². The SMILES string of the molecule is CCOC(=O)c1c(NC(=O)C(C)Sc2cccc(NC(=O)C3CC3)c2)sc2c1CCN(C(C)=O)C2. The van der Waals surface area contributed by atoms with Gasteiger partial charge in [0.1, 0.15) is 5.00 Å². The highest BCUT2D eigenvalue weighted by molar-refractivity contribution is 8.00. The van der Waals surface area contributed by atoms with E-state index in [2.05, 4.69) is 10.6 Å². The molecule has 1 aromatic heterocycles. The minimum absolute atomic E-state index is 0.0205. The Bertz CT molecular complexity index is 1160. The lowest BCUT2D eigenvalue weighted by Gasteiger charge is -2.25. The second-order valence-electron chi connectivity index (χ2n) is 8.66. The number of fused-ring (bicyclic) bond motifs is 1. The van der Waals surface area contributed by atoms with Crippen molar-refractivity contribution in [1.29, 1.82) is 0 Å². The average molecular weight is 516 g/mol. The zero-order valence-corrected chi connectivity index (χ0v) is 21.6. The smallest absolute Gasteiger partial charge is 0.341 e. The Labute approximate surface area is 212 Å². The van der Waals surface area contributed by atoms with Crippen LogP contribution in [0, 0.1) is 5.92 Å². The monoisotopic (exact) mass is 515 g/mol. The average Bonchev–Trinajstić information content (AvgIpc) is 3.60. The molecule has 0 radical (unpaired) electrons. The largest absolute Gasteiger partial charge is 0.462 e. The van der Waals surface area contributed by atoms with Crippen molar-refractivity contribution in [3.63, 3.8) is 0 Å². The van der Waals surface area contributed by atoms with E-state index in [0.29, 0.717) is 35.8 Å². The first-order chi connectivity index (χ1) is 16.8. The Kier molecular flexibility index (Phi) is 7.81. The van der Waals surface area contributed by atoms with Crippen LogP contribution in [-0.2, 0) is 32.1 Å². The third-order valence-corrected chi connectivity index (χ3v) is 8.18. The number of esters is 1. The number of thiophene rings is 1. The van der Waals surface area contributed by atoms with E-state index in [9.17, 15) is 19.2 Å². The molecule has 0 bridgehead atoms. The van der Waals surface area contributed by atoms with Crippen LogP contribution in [-0.4, -0.2) is 47.0 Å². The molecule has 1 aliphatic heterocycles.